The summed E-state index contributed by atoms with van der Waals surface area (Å²) in [6.45, 7) is 3.47. The Hall–Kier alpha value is -2.56. The van der Waals surface area contributed by atoms with Crippen LogP contribution in [0.25, 0.3) is 17.0 Å². The molecular formula is C15H14O5. The highest BCUT2D eigenvalue weighted by molar-refractivity contribution is 5.88. The standard InChI is InChI=1S/C15H14O5/c1-9(2)20-14(17)6-3-10-8-19-13-5-4-11(16)7-12(13)15(10)18/h3-9,16H,1-2H3/b6-3+. The number of ether oxygens (including phenoxy) is 1. The van der Waals surface area contributed by atoms with Crippen LogP contribution in [-0.2, 0) is 9.53 Å². The summed E-state index contributed by atoms with van der Waals surface area (Å²) in [5.41, 5.74) is 0.259. The van der Waals surface area contributed by atoms with Gasteiger partial charge in [0, 0.05) is 6.08 Å². The lowest BCUT2D eigenvalue weighted by Gasteiger charge is -2.03. The topological polar surface area (TPSA) is 76.7 Å². The van der Waals surface area contributed by atoms with Crippen LogP contribution in [0, 0.1) is 0 Å². The SMILES string of the molecule is CC(C)OC(=O)/C=C/c1coc2ccc(O)cc2c1=O. The van der Waals surface area contributed by atoms with Crippen LogP contribution in [0.1, 0.15) is 19.4 Å². The van der Waals surface area contributed by atoms with Crippen LogP contribution in [0.4, 0.5) is 0 Å². The summed E-state index contributed by atoms with van der Waals surface area (Å²) in [7, 11) is 0. The van der Waals surface area contributed by atoms with E-state index in [2.05, 4.69) is 0 Å². The molecule has 0 amide bonds. The van der Waals surface area contributed by atoms with Crippen molar-refractivity contribution >= 4 is 23.0 Å². The van der Waals surface area contributed by atoms with Gasteiger partial charge in [-0.05, 0) is 38.1 Å². The zero-order valence-electron chi connectivity index (χ0n) is 11.1. The van der Waals surface area contributed by atoms with Gasteiger partial charge in [-0.25, -0.2) is 4.79 Å². The number of carbonyl (C=O) groups is 1. The average molecular weight is 274 g/mol. The summed E-state index contributed by atoms with van der Waals surface area (Å²) >= 11 is 0. The van der Waals surface area contributed by atoms with Gasteiger partial charge in [0.05, 0.1) is 17.1 Å². The monoisotopic (exact) mass is 274 g/mol. The van der Waals surface area contributed by atoms with Gasteiger partial charge in [-0.1, -0.05) is 0 Å². The van der Waals surface area contributed by atoms with Crippen molar-refractivity contribution in [3.8, 4) is 5.75 Å². The highest BCUT2D eigenvalue weighted by Crippen LogP contribution is 2.17. The van der Waals surface area contributed by atoms with Crippen LogP contribution < -0.4 is 5.43 Å². The van der Waals surface area contributed by atoms with Crippen LogP contribution in [0.2, 0.25) is 0 Å². The first-order chi connectivity index (χ1) is 9.47. The van der Waals surface area contributed by atoms with E-state index in [0.29, 0.717) is 5.58 Å². The van der Waals surface area contributed by atoms with Crippen molar-refractivity contribution in [1.82, 2.24) is 0 Å². The molecule has 1 aromatic carbocycles. The summed E-state index contributed by atoms with van der Waals surface area (Å²) in [5.74, 6) is -0.555. The molecule has 1 N–H and O–H groups in total. The van der Waals surface area contributed by atoms with Gasteiger partial charge >= 0.3 is 5.97 Å². The molecule has 104 valence electrons. The Morgan fingerprint density at radius 3 is 2.85 bits per heavy atom. The Kier molecular flexibility index (Phi) is 3.89. The first-order valence-corrected chi connectivity index (χ1v) is 6.10. The third-order valence-corrected chi connectivity index (χ3v) is 2.53. The Bertz CT molecular complexity index is 725. The zero-order chi connectivity index (χ0) is 14.7. The molecule has 1 aromatic heterocycles. The summed E-state index contributed by atoms with van der Waals surface area (Å²) in [4.78, 5) is 23.5. The van der Waals surface area contributed by atoms with Crippen molar-refractivity contribution in [2.75, 3.05) is 0 Å². The summed E-state index contributed by atoms with van der Waals surface area (Å²) in [5, 5.41) is 9.64. The third-order valence-electron chi connectivity index (χ3n) is 2.53. The van der Waals surface area contributed by atoms with Gasteiger partial charge in [-0.3, -0.25) is 4.79 Å². The molecule has 0 atom stereocenters. The number of esters is 1. The largest absolute Gasteiger partial charge is 0.508 e. The fraction of sp³-hybridized carbons (Fsp3) is 0.200. The number of carbonyl (C=O) groups excluding carboxylic acids is 1. The van der Waals surface area contributed by atoms with Gasteiger partial charge in [0.15, 0.2) is 5.43 Å². The predicted octanol–water partition coefficient (Wildman–Crippen LogP) is 2.46. The molecule has 0 saturated carbocycles. The second kappa shape index (κ2) is 5.61. The Morgan fingerprint density at radius 1 is 1.40 bits per heavy atom. The minimum atomic E-state index is -0.532. The molecule has 0 aliphatic rings. The molecule has 0 unspecified atom stereocenters. The molecule has 0 aliphatic heterocycles. The molecule has 0 bridgehead atoms. The minimum absolute atomic E-state index is 0.0230. The maximum atomic E-state index is 12.1. The molecule has 0 aliphatic carbocycles. The molecule has 0 spiro atoms. The van der Waals surface area contributed by atoms with Gasteiger partial charge < -0.3 is 14.3 Å². The highest BCUT2D eigenvalue weighted by Gasteiger charge is 2.07. The van der Waals surface area contributed by atoms with E-state index in [1.54, 1.807) is 13.8 Å². The fourth-order valence-corrected chi connectivity index (χ4v) is 1.68. The molecule has 0 fully saturated rings. The Labute approximate surface area is 115 Å². The van der Waals surface area contributed by atoms with E-state index in [1.807, 2.05) is 0 Å². The molecular weight excluding hydrogens is 260 g/mol. The lowest BCUT2D eigenvalue weighted by molar-refractivity contribution is -0.141. The van der Waals surface area contributed by atoms with E-state index in [9.17, 15) is 14.7 Å². The number of rotatable bonds is 3. The summed E-state index contributed by atoms with van der Waals surface area (Å²) in [6.07, 6.45) is 3.54. The Balaban J connectivity index is 2.36. The van der Waals surface area contributed by atoms with Gasteiger partial charge in [-0.2, -0.15) is 0 Å². The molecule has 2 rings (SSSR count). The van der Waals surface area contributed by atoms with Crippen molar-refractivity contribution < 1.29 is 19.1 Å². The minimum Gasteiger partial charge on any atom is -0.508 e. The average Bonchev–Trinajstić information content (AvgIpc) is 2.38. The maximum Gasteiger partial charge on any atom is 0.331 e. The Morgan fingerprint density at radius 2 is 2.15 bits per heavy atom. The number of phenols is 1. The number of fused-ring (bicyclic) bond motifs is 1. The first kappa shape index (κ1) is 13.9. The van der Waals surface area contributed by atoms with Gasteiger partial charge in [0.25, 0.3) is 0 Å². The van der Waals surface area contributed by atoms with Crippen LogP contribution in [-0.4, -0.2) is 17.2 Å². The number of benzene rings is 1. The highest BCUT2D eigenvalue weighted by atomic mass is 16.5. The fourth-order valence-electron chi connectivity index (χ4n) is 1.68. The number of hydrogen-bond donors (Lipinski definition) is 1. The molecule has 0 saturated heterocycles. The second-order valence-electron chi connectivity index (χ2n) is 4.52. The van der Waals surface area contributed by atoms with E-state index in [0.717, 1.165) is 0 Å². The maximum absolute atomic E-state index is 12.1. The molecule has 20 heavy (non-hydrogen) atoms. The summed E-state index contributed by atoms with van der Waals surface area (Å²) < 4.78 is 10.2. The number of phenolic OH excluding ortho intramolecular Hbond substituents is 1. The molecule has 1 heterocycles. The zero-order valence-corrected chi connectivity index (χ0v) is 11.1. The van der Waals surface area contributed by atoms with Crippen molar-refractivity contribution in [2.45, 2.75) is 20.0 Å². The van der Waals surface area contributed by atoms with E-state index in [1.165, 1.54) is 36.6 Å². The molecule has 0 radical (unpaired) electrons. The van der Waals surface area contributed by atoms with Crippen LogP contribution >= 0.6 is 0 Å². The van der Waals surface area contributed by atoms with Crippen molar-refractivity contribution in [2.24, 2.45) is 0 Å². The smallest absolute Gasteiger partial charge is 0.331 e. The molecule has 2 aromatic rings. The van der Waals surface area contributed by atoms with Crippen LogP contribution in [0.5, 0.6) is 5.75 Å². The summed E-state index contributed by atoms with van der Waals surface area (Å²) in [6, 6.07) is 4.26. The second-order valence-corrected chi connectivity index (χ2v) is 4.52. The van der Waals surface area contributed by atoms with Crippen LogP contribution in [0.3, 0.4) is 0 Å². The molecule has 5 heteroatoms. The van der Waals surface area contributed by atoms with Crippen molar-refractivity contribution in [1.29, 1.82) is 0 Å². The quantitative estimate of drug-likeness (QED) is 0.687. The van der Waals surface area contributed by atoms with Crippen molar-refractivity contribution in [3.63, 3.8) is 0 Å². The van der Waals surface area contributed by atoms with Gasteiger partial charge in [0.1, 0.15) is 17.6 Å². The van der Waals surface area contributed by atoms with Crippen LogP contribution in [0.15, 0.2) is 39.7 Å². The van der Waals surface area contributed by atoms with Gasteiger partial charge in [-0.15, -0.1) is 0 Å². The van der Waals surface area contributed by atoms with E-state index < -0.39 is 5.97 Å². The van der Waals surface area contributed by atoms with Crippen molar-refractivity contribution in [3.05, 3.63) is 46.3 Å². The number of aromatic hydroxyl groups is 1. The van der Waals surface area contributed by atoms with Gasteiger partial charge in [0.2, 0.25) is 0 Å². The van der Waals surface area contributed by atoms with E-state index in [-0.39, 0.29) is 28.2 Å². The van der Waals surface area contributed by atoms with E-state index >= 15 is 0 Å². The van der Waals surface area contributed by atoms with E-state index in [4.69, 9.17) is 9.15 Å². The molecule has 5 nitrogen and oxygen atoms in total. The first-order valence-electron chi connectivity index (χ1n) is 6.10. The lowest BCUT2D eigenvalue weighted by atomic mass is 10.1. The normalized spacial score (nSPS) is 11.3. The number of hydrogen-bond acceptors (Lipinski definition) is 5. The predicted molar refractivity (Wildman–Crippen MR) is 74.4 cm³/mol. The lowest BCUT2D eigenvalue weighted by Crippen LogP contribution is -2.09. The third kappa shape index (κ3) is 3.06.